The largest absolute Gasteiger partial charge is 0.499 e. The zero-order valence-corrected chi connectivity index (χ0v) is 14.0. The predicted molar refractivity (Wildman–Crippen MR) is 68.9 cm³/mol. The van der Waals surface area contributed by atoms with E-state index in [1.807, 2.05) is 0 Å². The molecule has 1 aliphatic heterocycles. The smallest absolute Gasteiger partial charge is 0.209 e. The molecule has 1 heterocycles. The van der Waals surface area contributed by atoms with Crippen molar-refractivity contribution in [1.82, 2.24) is 0 Å². The van der Waals surface area contributed by atoms with Gasteiger partial charge in [0.25, 0.3) is 0 Å². The van der Waals surface area contributed by atoms with Crippen molar-refractivity contribution in [3.05, 3.63) is 12.8 Å². The number of hydrogen-bond acceptors (Lipinski definition) is 7. The number of ether oxygens (including phenoxy) is 3. The zero-order chi connectivity index (χ0) is 15.5. The molecule has 0 unspecified atom stereocenters. The third kappa shape index (κ3) is 18.0. The summed E-state index contributed by atoms with van der Waals surface area (Å²) in [6, 6.07) is 0. The first-order chi connectivity index (χ1) is 8.66. The Morgan fingerprint density at radius 2 is 1.60 bits per heavy atom. The molecule has 0 radical (unpaired) electrons. The predicted octanol–water partition coefficient (Wildman–Crippen LogP) is -0.0705. The molecule has 0 bridgehead atoms. The van der Waals surface area contributed by atoms with Crippen molar-refractivity contribution in [3.63, 3.8) is 0 Å². The summed E-state index contributed by atoms with van der Waals surface area (Å²) in [5.41, 5.74) is 0. The molecule has 0 aromatic carbocycles. The van der Waals surface area contributed by atoms with Crippen molar-refractivity contribution in [2.24, 2.45) is 0 Å². The van der Waals surface area contributed by atoms with Gasteiger partial charge in [-0.05, 0) is 27.7 Å². The van der Waals surface area contributed by atoms with Gasteiger partial charge in [0.1, 0.15) is 6.61 Å². The van der Waals surface area contributed by atoms with Gasteiger partial charge in [-0.1, -0.05) is 6.58 Å². The van der Waals surface area contributed by atoms with Gasteiger partial charge in [-0.3, -0.25) is 0 Å². The van der Waals surface area contributed by atoms with E-state index < -0.39 is 18.4 Å². The van der Waals surface area contributed by atoms with Crippen LogP contribution < -0.4 is 0 Å². The molecule has 0 amide bonds. The van der Waals surface area contributed by atoms with Crippen LogP contribution in [0.2, 0.25) is 0 Å². The van der Waals surface area contributed by atoms with Gasteiger partial charge >= 0.3 is 0 Å². The topological polar surface area (TPSA) is 109 Å². The third-order valence-corrected chi connectivity index (χ3v) is 1.38. The Kier molecular flexibility index (Phi) is 17.5. The maximum atomic E-state index is 8.74. The molecular formula is C12H26O7Ti. The molecule has 2 atom stereocenters. The summed E-state index contributed by atoms with van der Waals surface area (Å²) in [5.74, 6) is -0.862. The van der Waals surface area contributed by atoms with Crippen LogP contribution in [0.5, 0.6) is 0 Å². The maximum Gasteiger partial charge on any atom is 0.209 e. The van der Waals surface area contributed by atoms with E-state index in [-0.39, 0.29) is 34.4 Å². The average molecular weight is 330 g/mol. The van der Waals surface area contributed by atoms with Crippen molar-refractivity contribution in [1.29, 1.82) is 0 Å². The van der Waals surface area contributed by atoms with Gasteiger partial charge in [-0.25, -0.2) is 0 Å². The Hall–Kier alpha value is 0.0143. The van der Waals surface area contributed by atoms with Crippen LogP contribution in [0.25, 0.3) is 0 Å². The van der Waals surface area contributed by atoms with Gasteiger partial charge in [-0.15, -0.1) is 0 Å². The molecule has 0 aromatic rings. The molecule has 4 N–H and O–H groups in total. The van der Waals surface area contributed by atoms with Crippen molar-refractivity contribution in [2.45, 2.75) is 52.2 Å². The molecule has 0 saturated carbocycles. The minimum Gasteiger partial charge on any atom is -0.499 e. The Labute approximate surface area is 135 Å². The van der Waals surface area contributed by atoms with Gasteiger partial charge < -0.3 is 34.6 Å². The van der Waals surface area contributed by atoms with Crippen LogP contribution >= 0.6 is 0 Å². The monoisotopic (exact) mass is 330 g/mol. The van der Waals surface area contributed by atoms with E-state index >= 15 is 0 Å². The van der Waals surface area contributed by atoms with Crippen molar-refractivity contribution >= 4 is 0 Å². The van der Waals surface area contributed by atoms with E-state index in [0.29, 0.717) is 6.61 Å². The minimum absolute atomic E-state index is 0. The van der Waals surface area contributed by atoms with E-state index in [9.17, 15) is 0 Å². The Morgan fingerprint density at radius 3 is 1.70 bits per heavy atom. The molecule has 0 aliphatic carbocycles. The first kappa shape index (κ1) is 25.0. The number of aliphatic hydroxyl groups is 4. The Balaban J connectivity index is -0.000000232. The molecular weight excluding hydrogens is 304 g/mol. The fourth-order valence-electron chi connectivity index (χ4n) is 0.862. The van der Waals surface area contributed by atoms with Crippen LogP contribution in [0.15, 0.2) is 12.8 Å². The molecule has 1 aliphatic rings. The molecule has 1 rings (SSSR count). The van der Waals surface area contributed by atoms with E-state index in [1.165, 1.54) is 6.26 Å². The number of hydrogen-bond donors (Lipinski definition) is 4. The average Bonchev–Trinajstić information content (AvgIpc) is 2.48. The Bertz CT molecular complexity index is 209. The van der Waals surface area contributed by atoms with Crippen molar-refractivity contribution in [3.8, 4) is 0 Å². The van der Waals surface area contributed by atoms with E-state index in [0.717, 1.165) is 0 Å². The van der Waals surface area contributed by atoms with Crippen molar-refractivity contribution in [2.75, 3.05) is 13.2 Å². The molecule has 1 saturated heterocycles. The second-order valence-corrected chi connectivity index (χ2v) is 4.27. The van der Waals surface area contributed by atoms with E-state index in [1.54, 1.807) is 27.7 Å². The fourth-order valence-corrected chi connectivity index (χ4v) is 0.862. The van der Waals surface area contributed by atoms with Crippen LogP contribution in [0.1, 0.15) is 27.7 Å². The summed E-state index contributed by atoms with van der Waals surface area (Å²) in [7, 11) is 0. The van der Waals surface area contributed by atoms with Crippen LogP contribution in [-0.2, 0) is 35.9 Å². The molecule has 0 aromatic heterocycles. The van der Waals surface area contributed by atoms with Crippen LogP contribution in [0.4, 0.5) is 0 Å². The van der Waals surface area contributed by atoms with Gasteiger partial charge in [-0.2, -0.15) is 0 Å². The summed E-state index contributed by atoms with van der Waals surface area (Å²) in [6.07, 6.45) is -1.28. The second-order valence-electron chi connectivity index (χ2n) is 4.27. The molecule has 20 heavy (non-hydrogen) atoms. The van der Waals surface area contributed by atoms with Gasteiger partial charge in [0.15, 0.2) is 5.79 Å². The van der Waals surface area contributed by atoms with Crippen LogP contribution in [0, 0.1) is 0 Å². The SMILES string of the molecule is C=COCCO.CC(C)O.CC1(C)O[C@H](O)[C@@H](O)O1.[Ti]. The van der Waals surface area contributed by atoms with Gasteiger partial charge in [0, 0.05) is 27.8 Å². The number of rotatable bonds is 3. The summed E-state index contributed by atoms with van der Waals surface area (Å²) in [5, 5.41) is 33.6. The van der Waals surface area contributed by atoms with Crippen molar-refractivity contribution < 1.29 is 56.4 Å². The summed E-state index contributed by atoms with van der Waals surface area (Å²) < 4.78 is 14.0. The molecule has 1 fully saturated rings. The van der Waals surface area contributed by atoms with E-state index in [4.69, 9.17) is 29.9 Å². The molecule has 120 valence electrons. The first-order valence-electron chi connectivity index (χ1n) is 5.89. The molecule has 0 spiro atoms. The van der Waals surface area contributed by atoms with Crippen LogP contribution in [-0.4, -0.2) is 58.1 Å². The fraction of sp³-hybridized carbons (Fsp3) is 0.833. The number of aliphatic hydroxyl groups excluding tert-OH is 4. The minimum atomic E-state index is -1.21. The van der Waals surface area contributed by atoms with E-state index in [2.05, 4.69) is 11.3 Å². The Morgan fingerprint density at radius 1 is 1.25 bits per heavy atom. The van der Waals surface area contributed by atoms with Gasteiger partial charge in [0.2, 0.25) is 12.6 Å². The second kappa shape index (κ2) is 14.0. The summed E-state index contributed by atoms with van der Waals surface area (Å²) in [4.78, 5) is 0. The standard InChI is InChI=1S/C5H10O4.C4H8O2.C3H8O.Ti/c1-5(2)8-3(6)4(7)9-5;1-2-6-4-3-5;1-3(2)4;/h3-4,6-7H,1-2H3;2,5H,1,3-4H2;3-4H,1-2H3;/t3-,4-;;;/m0.../s1. The third-order valence-electron chi connectivity index (χ3n) is 1.38. The quantitative estimate of drug-likeness (QED) is 0.326. The first-order valence-corrected chi connectivity index (χ1v) is 5.89. The summed E-state index contributed by atoms with van der Waals surface area (Å²) in [6.45, 7) is 10.4. The molecule has 8 heteroatoms. The summed E-state index contributed by atoms with van der Waals surface area (Å²) >= 11 is 0. The zero-order valence-electron chi connectivity index (χ0n) is 12.4. The normalized spacial score (nSPS) is 22.6. The molecule has 7 nitrogen and oxygen atoms in total. The maximum absolute atomic E-state index is 8.74. The van der Waals surface area contributed by atoms with Gasteiger partial charge in [0.05, 0.1) is 12.9 Å². The van der Waals surface area contributed by atoms with Crippen LogP contribution in [0.3, 0.4) is 0 Å².